The monoisotopic (exact) mass is 244 g/mol. The summed E-state index contributed by atoms with van der Waals surface area (Å²) in [7, 11) is 0. The molecule has 0 aromatic heterocycles. The van der Waals surface area contributed by atoms with Crippen molar-refractivity contribution in [2.45, 2.75) is 43.1 Å². The Bertz CT molecular complexity index is 244. The summed E-state index contributed by atoms with van der Waals surface area (Å²) >= 11 is 1.96. The third-order valence-corrected chi connectivity index (χ3v) is 4.60. The topological polar surface area (TPSA) is 61.4 Å². The van der Waals surface area contributed by atoms with Crippen molar-refractivity contribution in [3.05, 3.63) is 0 Å². The van der Waals surface area contributed by atoms with Gasteiger partial charge < -0.3 is 15.7 Å². The molecule has 2 heterocycles. The Morgan fingerprint density at radius 2 is 2.38 bits per heavy atom. The molecule has 0 aromatic carbocycles. The SMILES string of the molecule is O=C(NCC1CCCCS1)C1CC(O)CN1. The third kappa shape index (κ3) is 3.37. The van der Waals surface area contributed by atoms with Gasteiger partial charge in [0.2, 0.25) is 5.91 Å². The van der Waals surface area contributed by atoms with Crippen molar-refractivity contribution in [3.63, 3.8) is 0 Å². The van der Waals surface area contributed by atoms with Crippen LogP contribution in [0.25, 0.3) is 0 Å². The normalized spacial score (nSPS) is 34.9. The van der Waals surface area contributed by atoms with Crippen molar-refractivity contribution in [2.24, 2.45) is 0 Å². The van der Waals surface area contributed by atoms with E-state index in [9.17, 15) is 9.90 Å². The molecule has 5 heteroatoms. The molecule has 0 aliphatic carbocycles. The van der Waals surface area contributed by atoms with E-state index in [1.54, 1.807) is 0 Å². The van der Waals surface area contributed by atoms with E-state index in [0.29, 0.717) is 18.2 Å². The smallest absolute Gasteiger partial charge is 0.237 e. The number of carbonyl (C=O) groups is 1. The quantitative estimate of drug-likeness (QED) is 0.659. The van der Waals surface area contributed by atoms with Gasteiger partial charge in [0.1, 0.15) is 0 Å². The summed E-state index contributed by atoms with van der Waals surface area (Å²) in [6.45, 7) is 1.31. The maximum Gasteiger partial charge on any atom is 0.237 e. The van der Waals surface area contributed by atoms with Gasteiger partial charge in [-0.05, 0) is 25.0 Å². The van der Waals surface area contributed by atoms with E-state index >= 15 is 0 Å². The summed E-state index contributed by atoms with van der Waals surface area (Å²) in [5, 5.41) is 15.9. The van der Waals surface area contributed by atoms with E-state index < -0.39 is 0 Å². The highest BCUT2D eigenvalue weighted by Gasteiger charge is 2.28. The Balaban J connectivity index is 1.67. The molecule has 0 bridgehead atoms. The van der Waals surface area contributed by atoms with Crippen molar-refractivity contribution in [2.75, 3.05) is 18.8 Å². The molecule has 2 aliphatic rings. The number of amides is 1. The van der Waals surface area contributed by atoms with Gasteiger partial charge in [0.15, 0.2) is 0 Å². The Morgan fingerprint density at radius 1 is 1.50 bits per heavy atom. The molecule has 3 unspecified atom stereocenters. The second-order valence-corrected chi connectivity index (χ2v) is 5.99. The standard InChI is InChI=1S/C11H20N2O2S/c14-8-5-10(12-6-8)11(15)13-7-9-3-1-2-4-16-9/h8-10,12,14H,1-7H2,(H,13,15). The van der Waals surface area contributed by atoms with Gasteiger partial charge in [-0.2, -0.15) is 11.8 Å². The molecule has 16 heavy (non-hydrogen) atoms. The lowest BCUT2D eigenvalue weighted by Crippen LogP contribution is -2.43. The molecular weight excluding hydrogens is 224 g/mol. The fourth-order valence-corrected chi connectivity index (χ4v) is 3.46. The lowest BCUT2D eigenvalue weighted by Gasteiger charge is -2.22. The lowest BCUT2D eigenvalue weighted by molar-refractivity contribution is -0.122. The van der Waals surface area contributed by atoms with Crippen LogP contribution >= 0.6 is 11.8 Å². The van der Waals surface area contributed by atoms with Gasteiger partial charge in [-0.15, -0.1) is 0 Å². The van der Waals surface area contributed by atoms with Crippen LogP contribution in [0.2, 0.25) is 0 Å². The first-order valence-corrected chi connectivity index (χ1v) is 7.11. The summed E-state index contributed by atoms with van der Waals surface area (Å²) in [5.74, 6) is 1.27. The zero-order chi connectivity index (χ0) is 11.4. The molecule has 1 amide bonds. The minimum atomic E-state index is -0.361. The first kappa shape index (κ1) is 12.2. The number of aliphatic hydroxyl groups is 1. The molecule has 2 aliphatic heterocycles. The minimum absolute atomic E-state index is 0.0442. The fraction of sp³-hybridized carbons (Fsp3) is 0.909. The number of hydrogen-bond donors (Lipinski definition) is 3. The molecule has 0 spiro atoms. The Kier molecular flexibility index (Phi) is 4.49. The minimum Gasteiger partial charge on any atom is -0.392 e. The van der Waals surface area contributed by atoms with E-state index in [1.165, 1.54) is 25.0 Å². The number of carbonyl (C=O) groups excluding carboxylic acids is 1. The van der Waals surface area contributed by atoms with Crippen molar-refractivity contribution in [1.29, 1.82) is 0 Å². The van der Waals surface area contributed by atoms with E-state index in [-0.39, 0.29) is 18.1 Å². The predicted molar refractivity (Wildman–Crippen MR) is 65.5 cm³/mol. The predicted octanol–water partition coefficient (Wildman–Crippen LogP) is 0.111. The Hall–Kier alpha value is -0.260. The zero-order valence-corrected chi connectivity index (χ0v) is 10.3. The summed E-state index contributed by atoms with van der Waals surface area (Å²) in [6, 6.07) is -0.191. The molecular formula is C11H20N2O2S. The van der Waals surface area contributed by atoms with Crippen LogP contribution in [0.5, 0.6) is 0 Å². The van der Waals surface area contributed by atoms with Crippen LogP contribution in [0.1, 0.15) is 25.7 Å². The highest BCUT2D eigenvalue weighted by atomic mass is 32.2. The molecule has 2 saturated heterocycles. The maximum atomic E-state index is 11.7. The van der Waals surface area contributed by atoms with Crippen LogP contribution in [0.15, 0.2) is 0 Å². The highest BCUT2D eigenvalue weighted by molar-refractivity contribution is 7.99. The van der Waals surface area contributed by atoms with Gasteiger partial charge in [-0.3, -0.25) is 4.79 Å². The number of nitrogens with one attached hydrogen (secondary N) is 2. The number of hydrogen-bond acceptors (Lipinski definition) is 4. The van der Waals surface area contributed by atoms with Crippen molar-refractivity contribution in [1.82, 2.24) is 10.6 Å². The summed E-state index contributed by atoms with van der Waals surface area (Å²) in [5.41, 5.74) is 0. The first-order chi connectivity index (χ1) is 7.75. The maximum absolute atomic E-state index is 11.7. The molecule has 92 valence electrons. The molecule has 2 fully saturated rings. The third-order valence-electron chi connectivity index (χ3n) is 3.20. The van der Waals surface area contributed by atoms with E-state index in [1.807, 2.05) is 11.8 Å². The van der Waals surface area contributed by atoms with Crippen molar-refractivity contribution < 1.29 is 9.90 Å². The van der Waals surface area contributed by atoms with E-state index in [2.05, 4.69) is 10.6 Å². The zero-order valence-electron chi connectivity index (χ0n) is 9.45. The van der Waals surface area contributed by atoms with Crippen LogP contribution < -0.4 is 10.6 Å². The number of β-amino-alcohol motifs (C(OH)–C–C–N with tert-alkyl or cyclic N) is 1. The molecule has 0 radical (unpaired) electrons. The van der Waals surface area contributed by atoms with Crippen molar-refractivity contribution in [3.8, 4) is 0 Å². The second-order valence-electron chi connectivity index (χ2n) is 4.58. The first-order valence-electron chi connectivity index (χ1n) is 6.06. The summed E-state index contributed by atoms with van der Waals surface area (Å²) < 4.78 is 0. The Morgan fingerprint density at radius 3 is 3.00 bits per heavy atom. The van der Waals surface area contributed by atoms with Gasteiger partial charge >= 0.3 is 0 Å². The van der Waals surface area contributed by atoms with Gasteiger partial charge in [0.25, 0.3) is 0 Å². The Labute approximate surface area is 101 Å². The molecule has 3 atom stereocenters. The van der Waals surface area contributed by atoms with E-state index in [4.69, 9.17) is 0 Å². The summed E-state index contributed by atoms with van der Waals surface area (Å²) in [6.07, 6.45) is 3.99. The molecule has 4 nitrogen and oxygen atoms in total. The van der Waals surface area contributed by atoms with Gasteiger partial charge in [-0.1, -0.05) is 6.42 Å². The molecule has 0 saturated carbocycles. The number of rotatable bonds is 3. The molecule has 3 N–H and O–H groups in total. The van der Waals surface area contributed by atoms with E-state index in [0.717, 1.165) is 6.54 Å². The lowest BCUT2D eigenvalue weighted by atomic mass is 10.1. The molecule has 2 rings (SSSR count). The largest absolute Gasteiger partial charge is 0.392 e. The van der Waals surface area contributed by atoms with Gasteiger partial charge in [0, 0.05) is 18.3 Å². The van der Waals surface area contributed by atoms with Crippen LogP contribution in [-0.2, 0) is 4.79 Å². The van der Waals surface area contributed by atoms with Crippen LogP contribution in [-0.4, -0.2) is 47.3 Å². The molecule has 0 aromatic rings. The van der Waals surface area contributed by atoms with Crippen LogP contribution in [0.4, 0.5) is 0 Å². The summed E-state index contributed by atoms with van der Waals surface area (Å²) in [4.78, 5) is 11.7. The number of aliphatic hydroxyl groups excluding tert-OH is 1. The van der Waals surface area contributed by atoms with Gasteiger partial charge in [0.05, 0.1) is 12.1 Å². The van der Waals surface area contributed by atoms with Crippen molar-refractivity contribution >= 4 is 17.7 Å². The van der Waals surface area contributed by atoms with Crippen LogP contribution in [0.3, 0.4) is 0 Å². The average Bonchev–Trinajstić information content (AvgIpc) is 2.74. The van der Waals surface area contributed by atoms with Crippen LogP contribution in [0, 0.1) is 0 Å². The fourth-order valence-electron chi connectivity index (χ4n) is 2.22. The second kappa shape index (κ2) is 5.89. The number of thioether (sulfide) groups is 1. The average molecular weight is 244 g/mol. The highest BCUT2D eigenvalue weighted by Crippen LogP contribution is 2.24. The van der Waals surface area contributed by atoms with Gasteiger partial charge in [-0.25, -0.2) is 0 Å².